The zero-order valence-corrected chi connectivity index (χ0v) is 23.9. The van der Waals surface area contributed by atoms with Crippen molar-refractivity contribution >= 4 is 53.4 Å². The van der Waals surface area contributed by atoms with E-state index in [0.29, 0.717) is 22.5 Å². The van der Waals surface area contributed by atoms with E-state index < -0.39 is 18.1 Å². The lowest BCUT2D eigenvalue weighted by Crippen LogP contribution is -2.00. The average molecular weight is 587 g/mol. The summed E-state index contributed by atoms with van der Waals surface area (Å²) in [7, 11) is 0. The number of rotatable bonds is 4. The second-order valence-corrected chi connectivity index (χ2v) is 11.5. The maximum absolute atomic E-state index is 8.58. The van der Waals surface area contributed by atoms with Gasteiger partial charge in [-0.15, -0.1) is 11.3 Å². The molecule has 5 heteroatoms. The third-order valence-electron chi connectivity index (χ3n) is 7.84. The summed E-state index contributed by atoms with van der Waals surface area (Å²) in [5.74, 6) is 0.591. The van der Waals surface area contributed by atoms with E-state index in [0.717, 1.165) is 27.5 Å². The molecule has 0 unspecified atom stereocenters. The molecule has 0 N–H and O–H groups in total. The van der Waals surface area contributed by atoms with Gasteiger partial charge in [-0.3, -0.25) is 0 Å². The standard InChI is InChI=1S/C39H23N3OS/c1-3-11-24(12-4-1)37-40-38(25-13-5-2-6-14-25)42-39(41-37)26-21-22-31-33(23-26)43-32-19-10-16-28(35(31)32)30-18-9-17-29-27-15-7-8-20-34(27)44-36(29)30/h1-23H/i1D,3D,4D,11D,12D. The van der Waals surface area contributed by atoms with E-state index >= 15 is 0 Å². The molecule has 0 saturated heterocycles. The average Bonchev–Trinajstić information content (AvgIpc) is 3.72. The van der Waals surface area contributed by atoms with Crippen molar-refractivity contribution in [1.82, 2.24) is 15.0 Å². The summed E-state index contributed by atoms with van der Waals surface area (Å²) >= 11 is 1.79. The number of hydrogen-bond donors (Lipinski definition) is 0. The minimum Gasteiger partial charge on any atom is -0.456 e. The van der Waals surface area contributed by atoms with Crippen molar-refractivity contribution in [2.75, 3.05) is 0 Å². The van der Waals surface area contributed by atoms with Crippen LogP contribution in [0.5, 0.6) is 0 Å². The molecular formula is C39H23N3OS. The van der Waals surface area contributed by atoms with E-state index in [1.165, 1.54) is 20.2 Å². The predicted octanol–water partition coefficient (Wildman–Crippen LogP) is 10.8. The van der Waals surface area contributed by atoms with E-state index in [4.69, 9.17) is 16.3 Å². The molecule has 9 aromatic rings. The molecule has 0 aliphatic rings. The summed E-state index contributed by atoms with van der Waals surface area (Å²) < 4.78 is 50.6. The maximum atomic E-state index is 8.58. The van der Waals surface area contributed by atoms with Gasteiger partial charge in [0.05, 0.1) is 6.85 Å². The van der Waals surface area contributed by atoms with Gasteiger partial charge in [0.1, 0.15) is 11.2 Å². The summed E-state index contributed by atoms with van der Waals surface area (Å²) in [6, 6.07) is 34.0. The Labute approximate surface area is 264 Å². The molecule has 0 aliphatic carbocycles. The number of fused-ring (bicyclic) bond motifs is 6. The number of nitrogens with zero attached hydrogens (tertiary/aromatic N) is 3. The summed E-state index contributed by atoms with van der Waals surface area (Å²) in [6.07, 6.45) is 0. The van der Waals surface area contributed by atoms with Gasteiger partial charge in [-0.05, 0) is 29.8 Å². The first-order valence-electron chi connectivity index (χ1n) is 16.6. The Balaban J connectivity index is 1.24. The Kier molecular flexibility index (Phi) is 4.60. The van der Waals surface area contributed by atoms with Crippen molar-refractivity contribution in [1.29, 1.82) is 0 Å². The smallest absolute Gasteiger partial charge is 0.164 e. The van der Waals surface area contributed by atoms with Crippen molar-refractivity contribution in [2.24, 2.45) is 0 Å². The van der Waals surface area contributed by atoms with Crippen molar-refractivity contribution < 1.29 is 11.3 Å². The Morgan fingerprint density at radius 3 is 2.09 bits per heavy atom. The molecule has 0 spiro atoms. The van der Waals surface area contributed by atoms with E-state index in [1.807, 2.05) is 60.7 Å². The second-order valence-electron chi connectivity index (χ2n) is 10.4. The van der Waals surface area contributed by atoms with E-state index in [-0.39, 0.29) is 29.3 Å². The highest BCUT2D eigenvalue weighted by Gasteiger charge is 2.18. The number of aromatic nitrogens is 3. The fraction of sp³-hybridized carbons (Fsp3) is 0. The van der Waals surface area contributed by atoms with Gasteiger partial charge in [0.15, 0.2) is 17.5 Å². The molecule has 0 saturated carbocycles. The topological polar surface area (TPSA) is 51.8 Å². The zero-order chi connectivity index (χ0) is 33.4. The third kappa shape index (κ3) is 4.02. The lowest BCUT2D eigenvalue weighted by atomic mass is 9.97. The van der Waals surface area contributed by atoms with Crippen LogP contribution in [0.3, 0.4) is 0 Å². The van der Waals surface area contributed by atoms with Crippen LogP contribution in [0.25, 0.3) is 87.4 Å². The van der Waals surface area contributed by atoms with Gasteiger partial charge >= 0.3 is 0 Å². The van der Waals surface area contributed by atoms with Crippen molar-refractivity contribution in [3.63, 3.8) is 0 Å². The van der Waals surface area contributed by atoms with Gasteiger partial charge in [-0.2, -0.15) is 0 Å². The highest BCUT2D eigenvalue weighted by molar-refractivity contribution is 7.26. The molecule has 0 radical (unpaired) electrons. The van der Waals surface area contributed by atoms with Crippen LogP contribution in [0.1, 0.15) is 6.85 Å². The highest BCUT2D eigenvalue weighted by Crippen LogP contribution is 2.44. The molecule has 0 fully saturated rings. The van der Waals surface area contributed by atoms with Gasteiger partial charge in [-0.25, -0.2) is 15.0 Å². The second kappa shape index (κ2) is 9.97. The molecule has 0 aliphatic heterocycles. The lowest BCUT2D eigenvalue weighted by Gasteiger charge is -2.08. The van der Waals surface area contributed by atoms with Crippen LogP contribution >= 0.6 is 11.3 Å². The monoisotopic (exact) mass is 586 g/mol. The van der Waals surface area contributed by atoms with E-state index in [1.54, 1.807) is 11.3 Å². The van der Waals surface area contributed by atoms with Crippen LogP contribution in [-0.2, 0) is 0 Å². The van der Waals surface area contributed by atoms with Gasteiger partial charge in [-0.1, -0.05) is 115 Å². The quantitative estimate of drug-likeness (QED) is 0.206. The SMILES string of the molecule is [2H]c1c([2H])c([2H])c(-c2nc(-c3ccccc3)nc(-c3ccc4c(c3)oc3cccc(-c5cccc6c5sc5ccccc56)c34)n2)c([2H])c1[2H]. The first kappa shape index (κ1) is 20.3. The van der Waals surface area contributed by atoms with Crippen LogP contribution in [0, 0.1) is 0 Å². The summed E-state index contributed by atoms with van der Waals surface area (Å²) in [5, 5.41) is 4.42. The van der Waals surface area contributed by atoms with Crippen LogP contribution in [-0.4, -0.2) is 15.0 Å². The van der Waals surface area contributed by atoms with Gasteiger partial charge in [0.25, 0.3) is 0 Å². The highest BCUT2D eigenvalue weighted by atomic mass is 32.1. The Bertz CT molecular complexity index is 2770. The molecular weight excluding hydrogens is 559 g/mol. The fourth-order valence-corrected chi connectivity index (χ4v) is 7.07. The molecule has 0 amide bonds. The normalized spacial score (nSPS) is 13.2. The molecule has 0 bridgehead atoms. The number of furan rings is 1. The van der Waals surface area contributed by atoms with Gasteiger partial charge in [0, 0.05) is 53.2 Å². The fourth-order valence-electron chi connectivity index (χ4n) is 5.84. The number of benzene rings is 6. The number of hydrogen-bond acceptors (Lipinski definition) is 5. The lowest BCUT2D eigenvalue weighted by molar-refractivity contribution is 0.669. The van der Waals surface area contributed by atoms with E-state index in [9.17, 15) is 0 Å². The van der Waals surface area contributed by atoms with Crippen LogP contribution in [0.4, 0.5) is 0 Å². The number of thiophene rings is 1. The molecule has 206 valence electrons. The molecule has 44 heavy (non-hydrogen) atoms. The zero-order valence-electron chi connectivity index (χ0n) is 28.1. The predicted molar refractivity (Wildman–Crippen MR) is 182 cm³/mol. The van der Waals surface area contributed by atoms with Crippen LogP contribution in [0.15, 0.2) is 144 Å². The maximum Gasteiger partial charge on any atom is 0.164 e. The van der Waals surface area contributed by atoms with E-state index in [2.05, 4.69) is 58.5 Å². The molecule has 4 nitrogen and oxygen atoms in total. The minimum absolute atomic E-state index is 0.00993. The Morgan fingerprint density at radius 1 is 0.523 bits per heavy atom. The first-order valence-corrected chi connectivity index (χ1v) is 14.9. The summed E-state index contributed by atoms with van der Waals surface area (Å²) in [4.78, 5) is 14.1. The molecule has 9 rings (SSSR count). The molecule has 6 aromatic carbocycles. The largest absolute Gasteiger partial charge is 0.456 e. The minimum atomic E-state index is -0.477. The van der Waals surface area contributed by atoms with Crippen molar-refractivity contribution in [3.05, 3.63) is 139 Å². The van der Waals surface area contributed by atoms with Gasteiger partial charge < -0.3 is 4.42 Å². The Morgan fingerprint density at radius 2 is 1.23 bits per heavy atom. The van der Waals surface area contributed by atoms with Crippen molar-refractivity contribution in [2.45, 2.75) is 0 Å². The summed E-state index contributed by atoms with van der Waals surface area (Å²) in [5.41, 5.74) is 4.87. The third-order valence-corrected chi connectivity index (χ3v) is 9.06. The Hall–Kier alpha value is -5.65. The molecule has 3 aromatic heterocycles. The molecule has 0 atom stereocenters. The molecule has 3 heterocycles. The summed E-state index contributed by atoms with van der Waals surface area (Å²) in [6.45, 7) is 0. The first-order chi connectivity index (χ1) is 23.9. The van der Waals surface area contributed by atoms with Crippen LogP contribution < -0.4 is 0 Å². The van der Waals surface area contributed by atoms with Gasteiger partial charge in [0.2, 0.25) is 0 Å². The van der Waals surface area contributed by atoms with Crippen molar-refractivity contribution in [3.8, 4) is 45.3 Å². The van der Waals surface area contributed by atoms with Crippen LogP contribution in [0.2, 0.25) is 0 Å².